The zero-order valence-corrected chi connectivity index (χ0v) is 35.0. The summed E-state index contributed by atoms with van der Waals surface area (Å²) >= 11 is 0. The van der Waals surface area contributed by atoms with Gasteiger partial charge < -0.3 is 24.8 Å². The maximum absolute atomic E-state index is 14.8. The molecule has 10 nitrogen and oxygen atoms in total. The molecule has 0 bridgehead atoms. The minimum absolute atomic E-state index is 0.0295. The van der Waals surface area contributed by atoms with Crippen LogP contribution in [0.2, 0.25) is 0 Å². The third-order valence-corrected chi connectivity index (χ3v) is 17.3. The number of amides is 1. The van der Waals surface area contributed by atoms with Crippen LogP contribution in [0.25, 0.3) is 11.0 Å². The zero-order valence-electron chi connectivity index (χ0n) is 35.0. The number of esters is 1. The predicted octanol–water partition coefficient (Wildman–Crippen LogP) is 8.81. The summed E-state index contributed by atoms with van der Waals surface area (Å²) in [6.45, 7) is 21.9. The Kier molecular flexibility index (Phi) is 9.92. The van der Waals surface area contributed by atoms with E-state index in [0.717, 1.165) is 75.2 Å². The molecule has 7 rings (SSSR count). The second-order valence-corrected chi connectivity index (χ2v) is 20.7. The van der Waals surface area contributed by atoms with Crippen LogP contribution >= 0.6 is 0 Å². The lowest BCUT2D eigenvalue weighted by Gasteiger charge is -2.72. The molecule has 0 unspecified atom stereocenters. The van der Waals surface area contributed by atoms with Crippen LogP contribution in [0.4, 0.5) is 0 Å². The van der Waals surface area contributed by atoms with E-state index in [2.05, 4.69) is 53.4 Å². The Balaban J connectivity index is 1.14. The molecule has 10 heteroatoms. The van der Waals surface area contributed by atoms with E-state index < -0.39 is 28.7 Å². The van der Waals surface area contributed by atoms with E-state index in [9.17, 15) is 29.4 Å². The average Bonchev–Trinajstić information content (AvgIpc) is 3.68. The van der Waals surface area contributed by atoms with Crippen molar-refractivity contribution in [1.82, 2.24) is 14.9 Å². The normalized spacial score (nSPS) is 37.4. The Morgan fingerprint density at radius 3 is 2.30 bits per heavy atom. The number of hydrogen-bond acceptors (Lipinski definition) is 6. The van der Waals surface area contributed by atoms with Crippen LogP contribution in [-0.2, 0) is 37.0 Å². The summed E-state index contributed by atoms with van der Waals surface area (Å²) in [5.74, 6) is -0.0714. The number of ether oxygens (including phenoxy) is 1. The number of nitrogens with zero attached hydrogens (tertiary/aromatic N) is 2. The molecule has 5 fully saturated rings. The minimum atomic E-state index is -1.17. The Hall–Kier alpha value is -3.69. The van der Waals surface area contributed by atoms with E-state index >= 15 is 0 Å². The molecule has 0 aliphatic heterocycles. The van der Waals surface area contributed by atoms with Crippen molar-refractivity contribution in [2.24, 2.45) is 62.1 Å². The van der Waals surface area contributed by atoms with E-state index in [0.29, 0.717) is 23.6 Å². The van der Waals surface area contributed by atoms with Gasteiger partial charge in [-0.15, -0.1) is 0 Å². The minimum Gasteiger partial charge on any atom is -0.481 e. The van der Waals surface area contributed by atoms with Gasteiger partial charge in [-0.25, -0.2) is 4.98 Å². The number of fused-ring (bicyclic) bond motifs is 8. The van der Waals surface area contributed by atoms with Gasteiger partial charge in [-0.2, -0.15) is 0 Å². The average molecular weight is 772 g/mol. The first-order valence-electron chi connectivity index (χ1n) is 21.1. The molecule has 0 spiro atoms. The van der Waals surface area contributed by atoms with E-state index in [4.69, 9.17) is 9.72 Å². The van der Waals surface area contributed by atoms with Crippen LogP contribution in [0.3, 0.4) is 0 Å². The number of imidazole rings is 1. The van der Waals surface area contributed by atoms with Gasteiger partial charge in [0.15, 0.2) is 0 Å². The largest absolute Gasteiger partial charge is 0.481 e. The summed E-state index contributed by atoms with van der Waals surface area (Å²) in [4.78, 5) is 56.3. The monoisotopic (exact) mass is 771 g/mol. The van der Waals surface area contributed by atoms with Gasteiger partial charge in [0.1, 0.15) is 18.5 Å². The number of carboxylic acid groups (broad SMARTS) is 2. The van der Waals surface area contributed by atoms with Crippen molar-refractivity contribution >= 4 is 34.8 Å². The maximum atomic E-state index is 14.8. The second-order valence-electron chi connectivity index (χ2n) is 20.7. The number of carboxylic acids is 2. The number of aliphatic carboxylic acids is 2. The van der Waals surface area contributed by atoms with Crippen molar-refractivity contribution in [1.29, 1.82) is 0 Å². The molecule has 3 N–H and O–H groups in total. The Morgan fingerprint density at radius 1 is 0.911 bits per heavy atom. The molecule has 1 heterocycles. The first-order valence-corrected chi connectivity index (χ1v) is 21.1. The second kappa shape index (κ2) is 13.7. The fourth-order valence-corrected chi connectivity index (χ4v) is 14.3. The molecule has 1 amide bonds. The smallest absolute Gasteiger partial charge is 0.323 e. The lowest BCUT2D eigenvalue weighted by Crippen LogP contribution is -2.67. The number of para-hydroxylation sites is 2. The molecule has 306 valence electrons. The molecular formula is C46H65N3O7. The Morgan fingerprint density at radius 2 is 1.62 bits per heavy atom. The van der Waals surface area contributed by atoms with Crippen molar-refractivity contribution < 1.29 is 34.1 Å². The van der Waals surface area contributed by atoms with Gasteiger partial charge in [0.2, 0.25) is 5.91 Å². The van der Waals surface area contributed by atoms with E-state index in [1.807, 2.05) is 24.3 Å². The topological polar surface area (TPSA) is 148 Å². The zero-order chi connectivity index (χ0) is 40.8. The highest BCUT2D eigenvalue weighted by molar-refractivity contribution is 5.84. The number of carbonyl (C=O) groups is 4. The van der Waals surface area contributed by atoms with Crippen molar-refractivity contribution in [2.75, 3.05) is 0 Å². The Labute approximate surface area is 332 Å². The molecule has 10 atom stereocenters. The highest BCUT2D eigenvalue weighted by Gasteiger charge is 2.72. The van der Waals surface area contributed by atoms with Gasteiger partial charge in [-0.3, -0.25) is 19.2 Å². The third kappa shape index (κ3) is 6.04. The summed E-state index contributed by atoms with van der Waals surface area (Å²) in [6, 6.07) is 7.52. The summed E-state index contributed by atoms with van der Waals surface area (Å²) in [6.07, 6.45) is 9.25. The van der Waals surface area contributed by atoms with Crippen LogP contribution in [0.5, 0.6) is 0 Å². The molecule has 0 radical (unpaired) electrons. The van der Waals surface area contributed by atoms with Crippen LogP contribution in [0.1, 0.15) is 132 Å². The summed E-state index contributed by atoms with van der Waals surface area (Å²) in [5.41, 5.74) is 0.852. The van der Waals surface area contributed by atoms with Crippen molar-refractivity contribution in [3.63, 3.8) is 0 Å². The SMILES string of the molecule is C=C(C)[C@@H]1CC[C@]2(C(=O)NCc3nc4ccccc4n3CC(=O)O)CC[C@]3(C)[C@H](CC[C@@H]4[C@@]5(C)CC[C@H](OC(=O)CC(C)(C)C(=O)O)C(C)(C)[C@@H]5CC[C@]43C)[C@@H]12. The van der Waals surface area contributed by atoms with Crippen molar-refractivity contribution in [3.05, 3.63) is 42.2 Å². The third-order valence-electron chi connectivity index (χ3n) is 17.3. The standard InChI is InChI=1S/C46H65N3O7/c1-27(2)28-16-21-46(39(53)47-25-35-48-30-12-10-11-13-31(30)49(35)26-36(50)51)23-22-44(8)29(38(28)46)14-15-33-43(7)19-18-34(56-37(52)24-41(3,4)40(54)55)42(5,6)32(43)17-20-45(33,44)9/h10-13,28-29,32-34,38H,1,14-26H2,2-9H3,(H,47,53)(H,50,51)(H,54,55)/t28-,29+,32-,33+,34-,38+,43-,44+,45+,46-/m0/s1. The van der Waals surface area contributed by atoms with Gasteiger partial charge in [-0.05, 0) is 143 Å². The Bertz CT molecular complexity index is 1950. The highest BCUT2D eigenvalue weighted by Crippen LogP contribution is 2.77. The first kappa shape index (κ1) is 40.5. The number of hydrogen-bond donors (Lipinski definition) is 3. The predicted molar refractivity (Wildman–Crippen MR) is 214 cm³/mol. The number of carbonyl (C=O) groups excluding carboxylic acids is 2. The molecule has 5 saturated carbocycles. The van der Waals surface area contributed by atoms with Crippen LogP contribution < -0.4 is 5.32 Å². The summed E-state index contributed by atoms with van der Waals surface area (Å²) < 4.78 is 7.88. The summed E-state index contributed by atoms with van der Waals surface area (Å²) in [5, 5.41) is 22.7. The lowest BCUT2D eigenvalue weighted by atomic mass is 9.32. The van der Waals surface area contributed by atoms with Crippen LogP contribution in [0, 0.1) is 62.1 Å². The number of rotatable bonds is 10. The molecule has 1 aromatic carbocycles. The fourth-order valence-electron chi connectivity index (χ4n) is 14.3. The van der Waals surface area contributed by atoms with Crippen molar-refractivity contribution in [2.45, 2.75) is 145 Å². The molecule has 5 aliphatic rings. The van der Waals surface area contributed by atoms with Gasteiger partial charge in [-0.1, -0.05) is 58.9 Å². The summed E-state index contributed by atoms with van der Waals surface area (Å²) in [7, 11) is 0. The maximum Gasteiger partial charge on any atom is 0.323 e. The first-order chi connectivity index (χ1) is 26.1. The van der Waals surface area contributed by atoms with Crippen LogP contribution in [-0.4, -0.2) is 49.7 Å². The molecular weight excluding hydrogens is 707 g/mol. The number of allylic oxidation sites excluding steroid dienone is 1. The lowest BCUT2D eigenvalue weighted by molar-refractivity contribution is -0.249. The number of nitrogens with one attached hydrogen (secondary N) is 1. The van der Waals surface area contributed by atoms with Gasteiger partial charge in [0.05, 0.1) is 34.8 Å². The van der Waals surface area contributed by atoms with E-state index in [-0.39, 0.29) is 65.0 Å². The van der Waals surface area contributed by atoms with Gasteiger partial charge in [0.25, 0.3) is 0 Å². The van der Waals surface area contributed by atoms with E-state index in [1.165, 1.54) is 5.57 Å². The van der Waals surface area contributed by atoms with Crippen LogP contribution in [0.15, 0.2) is 36.4 Å². The quantitative estimate of drug-likeness (QED) is 0.160. The fraction of sp³-hybridized carbons (Fsp3) is 0.717. The highest BCUT2D eigenvalue weighted by atomic mass is 16.5. The number of aromatic nitrogens is 2. The van der Waals surface area contributed by atoms with Gasteiger partial charge in [0, 0.05) is 5.41 Å². The molecule has 0 saturated heterocycles. The molecule has 5 aliphatic carbocycles. The molecule has 56 heavy (non-hydrogen) atoms. The van der Waals surface area contributed by atoms with E-state index in [1.54, 1.807) is 18.4 Å². The molecule has 2 aromatic rings. The molecule has 1 aromatic heterocycles. The van der Waals surface area contributed by atoms with Gasteiger partial charge >= 0.3 is 17.9 Å². The van der Waals surface area contributed by atoms with Crippen molar-refractivity contribution in [3.8, 4) is 0 Å². The number of benzene rings is 1.